The van der Waals surface area contributed by atoms with Crippen molar-refractivity contribution in [3.05, 3.63) is 83.1 Å². The Balaban J connectivity index is 1.92. The number of aromatic nitrogens is 1. The molecule has 0 unspecified atom stereocenters. The van der Waals surface area contributed by atoms with Crippen LogP contribution in [-0.4, -0.2) is 29.1 Å². The van der Waals surface area contributed by atoms with Gasteiger partial charge in [0.25, 0.3) is 5.78 Å². The summed E-state index contributed by atoms with van der Waals surface area (Å²) in [7, 11) is 1.55. The number of carbonyl (C=O) groups is 2. The lowest BCUT2D eigenvalue weighted by Crippen LogP contribution is -2.29. The highest BCUT2D eigenvalue weighted by Gasteiger charge is 2.48. The number of ketones is 1. The standard InChI is InChI=1S/C22H18N2O5/c1-13-12-17(23-29-13)24-19(14-8-10-16(28-2)11-9-14)18(21(26)22(24)27)20(25)15-6-4-3-5-7-15/h3-12,19,25H,1-2H3/t19-/m0/s1. The molecule has 1 aliphatic rings. The average Bonchev–Trinajstić information content (AvgIpc) is 3.29. The Morgan fingerprint density at radius 3 is 2.38 bits per heavy atom. The summed E-state index contributed by atoms with van der Waals surface area (Å²) in [6.45, 7) is 1.69. The molecule has 1 atom stereocenters. The van der Waals surface area contributed by atoms with E-state index in [2.05, 4.69) is 5.16 Å². The molecule has 1 N–H and O–H groups in total. The van der Waals surface area contributed by atoms with Crippen LogP contribution < -0.4 is 9.64 Å². The Hall–Kier alpha value is -3.87. The summed E-state index contributed by atoms with van der Waals surface area (Å²) in [5, 5.41) is 14.8. The van der Waals surface area contributed by atoms with E-state index in [4.69, 9.17) is 9.26 Å². The molecule has 1 amide bonds. The van der Waals surface area contributed by atoms with Crippen LogP contribution in [-0.2, 0) is 9.59 Å². The lowest BCUT2D eigenvalue weighted by Gasteiger charge is -2.23. The molecule has 7 nitrogen and oxygen atoms in total. The summed E-state index contributed by atoms with van der Waals surface area (Å²) < 4.78 is 10.3. The first-order valence-electron chi connectivity index (χ1n) is 8.95. The zero-order valence-corrected chi connectivity index (χ0v) is 15.8. The van der Waals surface area contributed by atoms with Gasteiger partial charge in [-0.15, -0.1) is 0 Å². The van der Waals surface area contributed by atoms with Gasteiger partial charge in [0, 0.05) is 11.6 Å². The number of hydrogen-bond donors (Lipinski definition) is 1. The Bertz CT molecular complexity index is 1100. The number of hydrogen-bond acceptors (Lipinski definition) is 6. The molecule has 29 heavy (non-hydrogen) atoms. The summed E-state index contributed by atoms with van der Waals surface area (Å²) >= 11 is 0. The fraction of sp³-hybridized carbons (Fsp3) is 0.136. The minimum absolute atomic E-state index is 0.00739. The average molecular weight is 390 g/mol. The molecular formula is C22H18N2O5. The van der Waals surface area contributed by atoms with Gasteiger partial charge in [-0.3, -0.25) is 14.5 Å². The molecule has 0 aliphatic carbocycles. The quantitative estimate of drug-likeness (QED) is 0.416. The fourth-order valence-electron chi connectivity index (χ4n) is 3.39. The molecule has 0 radical (unpaired) electrons. The van der Waals surface area contributed by atoms with E-state index < -0.39 is 17.7 Å². The highest BCUT2D eigenvalue weighted by molar-refractivity contribution is 6.51. The molecule has 0 saturated carbocycles. The van der Waals surface area contributed by atoms with Crippen molar-refractivity contribution in [2.24, 2.45) is 0 Å². The van der Waals surface area contributed by atoms with Crippen molar-refractivity contribution in [1.82, 2.24) is 5.16 Å². The van der Waals surface area contributed by atoms with Crippen LogP contribution in [0.3, 0.4) is 0 Å². The van der Waals surface area contributed by atoms with E-state index in [1.165, 1.54) is 4.90 Å². The van der Waals surface area contributed by atoms with Gasteiger partial charge in [-0.1, -0.05) is 47.6 Å². The first-order valence-corrected chi connectivity index (χ1v) is 8.95. The number of ether oxygens (including phenoxy) is 1. The van der Waals surface area contributed by atoms with Crippen molar-refractivity contribution in [3.8, 4) is 5.75 Å². The number of benzene rings is 2. The Morgan fingerprint density at radius 2 is 1.79 bits per heavy atom. The monoisotopic (exact) mass is 390 g/mol. The SMILES string of the molecule is COc1ccc([C@H]2C(=C(O)c3ccccc3)C(=O)C(=O)N2c2cc(C)on2)cc1. The summed E-state index contributed by atoms with van der Waals surface area (Å²) in [4.78, 5) is 27.1. The molecule has 2 heterocycles. The van der Waals surface area contributed by atoms with E-state index in [0.717, 1.165) is 0 Å². The normalized spacial score (nSPS) is 18.3. The van der Waals surface area contributed by atoms with Gasteiger partial charge in [0.15, 0.2) is 5.82 Å². The van der Waals surface area contributed by atoms with Crippen molar-refractivity contribution in [1.29, 1.82) is 0 Å². The van der Waals surface area contributed by atoms with E-state index in [0.29, 0.717) is 22.6 Å². The van der Waals surface area contributed by atoms with Gasteiger partial charge < -0.3 is 14.4 Å². The van der Waals surface area contributed by atoms with E-state index in [1.807, 2.05) is 0 Å². The maximum atomic E-state index is 12.9. The van der Waals surface area contributed by atoms with Crippen LogP contribution in [0.1, 0.15) is 22.9 Å². The number of aliphatic hydroxyl groups is 1. The number of nitrogens with zero attached hydrogens (tertiary/aromatic N) is 2. The predicted octanol–water partition coefficient (Wildman–Crippen LogP) is 3.62. The van der Waals surface area contributed by atoms with E-state index >= 15 is 0 Å². The molecule has 146 valence electrons. The van der Waals surface area contributed by atoms with Crippen LogP contribution in [0.5, 0.6) is 5.75 Å². The van der Waals surface area contributed by atoms with Crippen LogP contribution in [0, 0.1) is 6.92 Å². The minimum atomic E-state index is -0.856. The topological polar surface area (TPSA) is 92.9 Å². The molecule has 3 aromatic rings. The van der Waals surface area contributed by atoms with Crippen molar-refractivity contribution in [2.75, 3.05) is 12.0 Å². The molecule has 0 bridgehead atoms. The second-order valence-corrected chi connectivity index (χ2v) is 6.60. The maximum Gasteiger partial charge on any atom is 0.301 e. The van der Waals surface area contributed by atoms with Crippen molar-refractivity contribution < 1.29 is 24.0 Å². The number of rotatable bonds is 4. The number of anilines is 1. The summed E-state index contributed by atoms with van der Waals surface area (Å²) in [6, 6.07) is 16.3. The predicted molar refractivity (Wildman–Crippen MR) is 105 cm³/mol. The van der Waals surface area contributed by atoms with E-state index in [1.54, 1.807) is 74.7 Å². The molecule has 1 fully saturated rings. The van der Waals surface area contributed by atoms with Crippen LogP contribution >= 0.6 is 0 Å². The van der Waals surface area contributed by atoms with Gasteiger partial charge in [-0.2, -0.15) is 0 Å². The van der Waals surface area contributed by atoms with Gasteiger partial charge in [0.1, 0.15) is 17.3 Å². The zero-order chi connectivity index (χ0) is 20.5. The van der Waals surface area contributed by atoms with E-state index in [9.17, 15) is 14.7 Å². The van der Waals surface area contributed by atoms with Crippen molar-refractivity contribution >= 4 is 23.3 Å². The number of carbonyl (C=O) groups excluding carboxylic acids is 2. The van der Waals surface area contributed by atoms with Crippen molar-refractivity contribution in [2.45, 2.75) is 13.0 Å². The summed E-state index contributed by atoms with van der Waals surface area (Å²) in [6.07, 6.45) is 0. The molecular weight excluding hydrogens is 372 g/mol. The fourth-order valence-corrected chi connectivity index (χ4v) is 3.39. The highest BCUT2D eigenvalue weighted by atomic mass is 16.5. The lowest BCUT2D eigenvalue weighted by atomic mass is 9.95. The molecule has 4 rings (SSSR count). The maximum absolute atomic E-state index is 12.9. The number of Topliss-reactive ketones (excluding diaryl/α,β-unsaturated/α-hetero) is 1. The second kappa shape index (κ2) is 7.27. The van der Waals surface area contributed by atoms with Crippen LogP contribution in [0.2, 0.25) is 0 Å². The van der Waals surface area contributed by atoms with Gasteiger partial charge >= 0.3 is 5.91 Å². The van der Waals surface area contributed by atoms with Gasteiger partial charge in [-0.25, -0.2) is 0 Å². The van der Waals surface area contributed by atoms with Crippen LogP contribution in [0.25, 0.3) is 5.76 Å². The molecule has 1 aliphatic heterocycles. The van der Waals surface area contributed by atoms with Crippen LogP contribution in [0.4, 0.5) is 5.82 Å². The Labute approximate surface area is 166 Å². The number of methoxy groups -OCH3 is 1. The number of amides is 1. The smallest absolute Gasteiger partial charge is 0.301 e. The third-order valence-corrected chi connectivity index (χ3v) is 4.79. The highest BCUT2D eigenvalue weighted by Crippen LogP contribution is 2.42. The third kappa shape index (κ3) is 3.16. The molecule has 1 aromatic heterocycles. The zero-order valence-electron chi connectivity index (χ0n) is 15.8. The summed E-state index contributed by atoms with van der Waals surface area (Å²) in [5.74, 6) is -0.473. The first-order chi connectivity index (χ1) is 14.0. The van der Waals surface area contributed by atoms with E-state index in [-0.39, 0.29) is 17.2 Å². The largest absolute Gasteiger partial charge is 0.507 e. The Kier molecular flexibility index (Phi) is 4.64. The van der Waals surface area contributed by atoms with Gasteiger partial charge in [0.2, 0.25) is 0 Å². The number of aliphatic hydroxyl groups excluding tert-OH is 1. The Morgan fingerprint density at radius 1 is 1.10 bits per heavy atom. The molecule has 7 heteroatoms. The number of aryl methyl sites for hydroxylation is 1. The molecule has 0 spiro atoms. The first kappa shape index (κ1) is 18.5. The third-order valence-electron chi connectivity index (χ3n) is 4.79. The van der Waals surface area contributed by atoms with Crippen LogP contribution in [0.15, 0.2) is 70.8 Å². The van der Waals surface area contributed by atoms with Gasteiger partial charge in [-0.05, 0) is 24.6 Å². The lowest BCUT2D eigenvalue weighted by molar-refractivity contribution is -0.132. The van der Waals surface area contributed by atoms with Gasteiger partial charge in [0.05, 0.1) is 18.7 Å². The molecule has 1 saturated heterocycles. The minimum Gasteiger partial charge on any atom is -0.507 e. The molecule has 2 aromatic carbocycles. The second-order valence-electron chi connectivity index (χ2n) is 6.60. The summed E-state index contributed by atoms with van der Waals surface area (Å²) in [5.41, 5.74) is 1.07. The van der Waals surface area contributed by atoms with Crippen molar-refractivity contribution in [3.63, 3.8) is 0 Å².